The molecule has 3 aromatic rings. The molecule has 0 unspecified atom stereocenters. The molecule has 174 valence electrons. The highest BCUT2D eigenvalue weighted by Gasteiger charge is 2.33. The lowest BCUT2D eigenvalue weighted by atomic mass is 10.1. The van der Waals surface area contributed by atoms with Crippen molar-refractivity contribution in [3.05, 3.63) is 98.9 Å². The van der Waals surface area contributed by atoms with E-state index in [9.17, 15) is 18.0 Å². The molecule has 0 spiro atoms. The molecule has 3 aromatic carbocycles. The van der Waals surface area contributed by atoms with E-state index in [-0.39, 0.29) is 16.8 Å². The van der Waals surface area contributed by atoms with Gasteiger partial charge < -0.3 is 10.1 Å². The Morgan fingerprint density at radius 2 is 1.76 bits per heavy atom. The fourth-order valence-corrected chi connectivity index (χ4v) is 4.13. The highest BCUT2D eigenvalue weighted by Crippen LogP contribution is 2.37. The number of ether oxygens (including phenoxy) is 1. The summed E-state index contributed by atoms with van der Waals surface area (Å²) in [7, 11) is 0. The van der Waals surface area contributed by atoms with Crippen molar-refractivity contribution in [1.82, 2.24) is 5.32 Å². The first-order chi connectivity index (χ1) is 16.2. The van der Waals surface area contributed by atoms with Gasteiger partial charge in [0.05, 0.1) is 21.2 Å². The minimum absolute atomic E-state index is 0.0378. The number of amides is 1. The summed E-state index contributed by atoms with van der Waals surface area (Å²) in [6.07, 6.45) is -2.92. The first kappa shape index (κ1) is 23.9. The van der Waals surface area contributed by atoms with E-state index in [0.717, 1.165) is 35.0 Å². The van der Waals surface area contributed by atoms with E-state index in [2.05, 4.69) is 10.3 Å². The summed E-state index contributed by atoms with van der Waals surface area (Å²) in [6.45, 7) is 2.47. The van der Waals surface area contributed by atoms with Gasteiger partial charge in [-0.2, -0.15) is 13.2 Å². The van der Waals surface area contributed by atoms with Crippen molar-refractivity contribution in [1.29, 1.82) is 0 Å². The van der Waals surface area contributed by atoms with E-state index in [4.69, 9.17) is 16.3 Å². The van der Waals surface area contributed by atoms with Gasteiger partial charge in [0.25, 0.3) is 5.91 Å². The van der Waals surface area contributed by atoms with Crippen LogP contribution in [0.2, 0.25) is 5.02 Å². The molecule has 4 rings (SSSR count). The lowest BCUT2D eigenvalue weighted by Gasteiger charge is -2.09. The van der Waals surface area contributed by atoms with Gasteiger partial charge >= 0.3 is 6.18 Å². The molecule has 0 bridgehead atoms. The number of nitrogens with one attached hydrogen (secondary N) is 1. The third-order valence-corrected chi connectivity index (χ3v) is 6.08. The van der Waals surface area contributed by atoms with E-state index >= 15 is 0 Å². The van der Waals surface area contributed by atoms with Gasteiger partial charge in [0.15, 0.2) is 5.17 Å². The molecule has 0 atom stereocenters. The lowest BCUT2D eigenvalue weighted by molar-refractivity contribution is -0.137. The molecule has 34 heavy (non-hydrogen) atoms. The second kappa shape index (κ2) is 9.95. The number of carbonyl (C=O) groups excluding carboxylic acids is 1. The SMILES string of the molecule is Cc1ccc(COc2ccc(/C=C3\SC(=Nc4ccc(Cl)c(C(F)(F)F)c4)NC3=O)cc2)cc1. The number of aryl methyl sites for hydroxylation is 1. The first-order valence-corrected chi connectivity index (χ1v) is 11.3. The molecule has 0 aromatic heterocycles. The van der Waals surface area contributed by atoms with Gasteiger partial charge in [-0.25, -0.2) is 4.99 Å². The van der Waals surface area contributed by atoms with Crippen molar-refractivity contribution in [2.45, 2.75) is 19.7 Å². The average Bonchev–Trinajstić information content (AvgIpc) is 3.13. The zero-order chi connectivity index (χ0) is 24.3. The van der Waals surface area contributed by atoms with Crippen LogP contribution in [0.4, 0.5) is 18.9 Å². The van der Waals surface area contributed by atoms with Crippen LogP contribution in [0.1, 0.15) is 22.3 Å². The maximum Gasteiger partial charge on any atom is 0.417 e. The van der Waals surface area contributed by atoms with Gasteiger partial charge in [-0.3, -0.25) is 4.79 Å². The van der Waals surface area contributed by atoms with E-state index in [0.29, 0.717) is 17.3 Å². The number of amidine groups is 1. The molecule has 9 heteroatoms. The van der Waals surface area contributed by atoms with Crippen LogP contribution >= 0.6 is 23.4 Å². The monoisotopic (exact) mass is 502 g/mol. The zero-order valence-electron chi connectivity index (χ0n) is 17.8. The number of rotatable bonds is 5. The van der Waals surface area contributed by atoms with Crippen molar-refractivity contribution in [2.24, 2.45) is 4.99 Å². The van der Waals surface area contributed by atoms with Crippen LogP contribution in [-0.4, -0.2) is 11.1 Å². The van der Waals surface area contributed by atoms with Crippen molar-refractivity contribution in [3.8, 4) is 5.75 Å². The average molecular weight is 503 g/mol. The number of nitrogens with zero attached hydrogens (tertiary/aromatic N) is 1. The number of carbonyl (C=O) groups is 1. The Hall–Kier alpha value is -3.23. The van der Waals surface area contributed by atoms with Gasteiger partial charge in [-0.15, -0.1) is 0 Å². The molecule has 0 saturated carbocycles. The largest absolute Gasteiger partial charge is 0.489 e. The highest BCUT2D eigenvalue weighted by atomic mass is 35.5. The number of alkyl halides is 3. The molecule has 1 aliphatic heterocycles. The second-order valence-electron chi connectivity index (χ2n) is 7.49. The minimum Gasteiger partial charge on any atom is -0.489 e. The maximum absolute atomic E-state index is 13.1. The molecule has 0 radical (unpaired) electrons. The molecule has 1 amide bonds. The Labute approximate surface area is 203 Å². The van der Waals surface area contributed by atoms with Gasteiger partial charge in [-0.05, 0) is 66.2 Å². The number of aliphatic imine (C=N–C) groups is 1. The molecule has 0 aliphatic carbocycles. The second-order valence-corrected chi connectivity index (χ2v) is 8.92. The summed E-state index contributed by atoms with van der Waals surface area (Å²) in [5.74, 6) is 0.310. The predicted molar refractivity (Wildman–Crippen MR) is 129 cm³/mol. The topological polar surface area (TPSA) is 50.7 Å². The van der Waals surface area contributed by atoms with Crippen LogP contribution in [0, 0.1) is 6.92 Å². The summed E-state index contributed by atoms with van der Waals surface area (Å²) < 4.78 is 45.0. The number of hydrogen-bond acceptors (Lipinski definition) is 4. The van der Waals surface area contributed by atoms with Gasteiger partial charge in [0.2, 0.25) is 0 Å². The van der Waals surface area contributed by atoms with Gasteiger partial charge in [-0.1, -0.05) is 53.6 Å². The lowest BCUT2D eigenvalue weighted by Crippen LogP contribution is -2.19. The Bertz CT molecular complexity index is 1270. The number of halogens is 4. The summed E-state index contributed by atoms with van der Waals surface area (Å²) in [5.41, 5.74) is 2.07. The Balaban J connectivity index is 1.43. The van der Waals surface area contributed by atoms with Crippen molar-refractivity contribution in [2.75, 3.05) is 0 Å². The Morgan fingerprint density at radius 3 is 2.44 bits per heavy atom. The van der Waals surface area contributed by atoms with Gasteiger partial charge in [0.1, 0.15) is 12.4 Å². The first-order valence-electron chi connectivity index (χ1n) is 10.1. The van der Waals surface area contributed by atoms with Crippen LogP contribution in [0.15, 0.2) is 76.6 Å². The summed E-state index contributed by atoms with van der Waals surface area (Å²) in [4.78, 5) is 16.8. The van der Waals surface area contributed by atoms with Crippen LogP contribution in [0.3, 0.4) is 0 Å². The molecular formula is C25H18ClF3N2O2S. The molecule has 1 saturated heterocycles. The molecular weight excluding hydrogens is 485 g/mol. The normalized spacial score (nSPS) is 16.2. The fourth-order valence-electron chi connectivity index (χ4n) is 3.06. The van der Waals surface area contributed by atoms with E-state index in [1.54, 1.807) is 18.2 Å². The number of benzene rings is 3. The minimum atomic E-state index is -4.60. The predicted octanol–water partition coefficient (Wildman–Crippen LogP) is 7.14. The van der Waals surface area contributed by atoms with Crippen LogP contribution in [-0.2, 0) is 17.6 Å². The fraction of sp³-hybridized carbons (Fsp3) is 0.120. The third-order valence-electron chi connectivity index (χ3n) is 4.84. The quantitative estimate of drug-likeness (QED) is 0.377. The van der Waals surface area contributed by atoms with E-state index < -0.39 is 16.8 Å². The van der Waals surface area contributed by atoms with E-state index in [1.807, 2.05) is 43.3 Å². The van der Waals surface area contributed by atoms with Crippen molar-refractivity contribution < 1.29 is 22.7 Å². The summed E-state index contributed by atoms with van der Waals surface area (Å²) >= 11 is 6.68. The zero-order valence-corrected chi connectivity index (χ0v) is 19.4. The van der Waals surface area contributed by atoms with Crippen molar-refractivity contribution in [3.63, 3.8) is 0 Å². The smallest absolute Gasteiger partial charge is 0.417 e. The summed E-state index contributed by atoms with van der Waals surface area (Å²) in [6, 6.07) is 18.6. The Morgan fingerprint density at radius 1 is 1.06 bits per heavy atom. The van der Waals surface area contributed by atoms with E-state index in [1.165, 1.54) is 11.6 Å². The third kappa shape index (κ3) is 6.01. The van der Waals surface area contributed by atoms with Crippen LogP contribution < -0.4 is 10.1 Å². The Kier molecular flexibility index (Phi) is 7.00. The van der Waals surface area contributed by atoms with Crippen molar-refractivity contribution >= 4 is 46.2 Å². The summed E-state index contributed by atoms with van der Waals surface area (Å²) in [5, 5.41) is 2.34. The molecule has 1 heterocycles. The molecule has 1 N–H and O–H groups in total. The molecule has 1 fully saturated rings. The highest BCUT2D eigenvalue weighted by molar-refractivity contribution is 8.18. The van der Waals surface area contributed by atoms with Crippen LogP contribution in [0.5, 0.6) is 5.75 Å². The standard InChI is InChI=1S/C25H18ClF3N2O2S/c1-15-2-4-17(5-3-15)14-33-19-9-6-16(7-10-19)12-22-23(32)31-24(34-22)30-18-8-11-21(26)20(13-18)25(27,28)29/h2-13H,14H2,1H3,(H,30,31,32)/b22-12-. The maximum atomic E-state index is 13.1. The number of thioether (sulfide) groups is 1. The molecule has 4 nitrogen and oxygen atoms in total. The number of hydrogen-bond donors (Lipinski definition) is 1. The van der Waals surface area contributed by atoms with Gasteiger partial charge in [0, 0.05) is 0 Å². The molecule has 1 aliphatic rings. The van der Waals surface area contributed by atoms with Crippen LogP contribution in [0.25, 0.3) is 6.08 Å².